The maximum Gasteiger partial charge on any atom is 0.122 e. The van der Waals surface area contributed by atoms with Gasteiger partial charge in [0, 0.05) is 24.0 Å². The smallest absolute Gasteiger partial charge is 0.122 e. The van der Waals surface area contributed by atoms with Crippen LogP contribution in [0.3, 0.4) is 0 Å². The third-order valence-corrected chi connectivity index (χ3v) is 10.2. The number of fused-ring (bicyclic) bond motifs is 6. The molecule has 4 aliphatic carbocycles. The predicted molar refractivity (Wildman–Crippen MR) is 116 cm³/mol. The number of nitrogens with zero attached hydrogens (tertiary/aromatic N) is 1. The van der Waals surface area contributed by atoms with Gasteiger partial charge in [-0.15, -0.1) is 0 Å². The van der Waals surface area contributed by atoms with Gasteiger partial charge in [-0.1, -0.05) is 13.0 Å². The fourth-order valence-corrected chi connectivity index (χ4v) is 8.91. The highest BCUT2D eigenvalue weighted by atomic mass is 16.3. The molecule has 2 N–H and O–H groups in total. The van der Waals surface area contributed by atoms with Crippen molar-refractivity contribution in [1.82, 2.24) is 10.2 Å². The van der Waals surface area contributed by atoms with Crippen LogP contribution < -0.4 is 5.32 Å². The fourth-order valence-electron chi connectivity index (χ4n) is 8.91. The molecule has 3 nitrogen and oxygen atoms in total. The summed E-state index contributed by atoms with van der Waals surface area (Å²) in [5, 5.41) is 14.5. The molecule has 9 atom stereocenters. The molecule has 0 bridgehead atoms. The number of aliphatic hydroxyl groups is 1. The molecule has 0 aromatic rings. The molecule has 2 heterocycles. The van der Waals surface area contributed by atoms with Gasteiger partial charge in [0.15, 0.2) is 0 Å². The first-order valence-electron chi connectivity index (χ1n) is 12.3. The van der Waals surface area contributed by atoms with Gasteiger partial charge in [0.2, 0.25) is 0 Å². The van der Waals surface area contributed by atoms with Crippen molar-refractivity contribution in [1.29, 1.82) is 0 Å². The highest BCUT2D eigenvalue weighted by molar-refractivity contribution is 5.27. The quantitative estimate of drug-likeness (QED) is 0.645. The summed E-state index contributed by atoms with van der Waals surface area (Å²) in [5.41, 5.74) is 1.57. The lowest BCUT2D eigenvalue weighted by atomic mass is 9.49. The number of rotatable bonds is 1. The number of hydrogen-bond acceptors (Lipinski definition) is 3. The van der Waals surface area contributed by atoms with Crippen molar-refractivity contribution in [2.75, 3.05) is 0 Å². The molecule has 0 spiro atoms. The Morgan fingerprint density at radius 1 is 0.966 bits per heavy atom. The van der Waals surface area contributed by atoms with Crippen LogP contribution in [0.2, 0.25) is 0 Å². The molecule has 29 heavy (non-hydrogen) atoms. The van der Waals surface area contributed by atoms with Crippen LogP contribution in [0.5, 0.6) is 0 Å². The van der Waals surface area contributed by atoms with Crippen molar-refractivity contribution in [3.05, 3.63) is 36.3 Å². The van der Waals surface area contributed by atoms with Crippen molar-refractivity contribution in [2.24, 2.45) is 40.9 Å². The normalized spacial score (nSPS) is 52.9. The largest absolute Gasteiger partial charge is 0.390 e. The first-order chi connectivity index (χ1) is 13.9. The van der Waals surface area contributed by atoms with E-state index in [1.807, 2.05) is 0 Å². The van der Waals surface area contributed by atoms with Gasteiger partial charge in [-0.25, -0.2) is 0 Å². The highest BCUT2D eigenvalue weighted by Gasteiger charge is 2.58. The Morgan fingerprint density at radius 2 is 1.83 bits per heavy atom. The molecule has 1 unspecified atom stereocenters. The van der Waals surface area contributed by atoms with E-state index >= 15 is 0 Å². The summed E-state index contributed by atoms with van der Waals surface area (Å²) >= 11 is 0. The van der Waals surface area contributed by atoms with E-state index in [1.54, 1.807) is 0 Å². The summed E-state index contributed by atoms with van der Waals surface area (Å²) in [4.78, 5) is 2.34. The molecule has 6 aliphatic rings. The maximum absolute atomic E-state index is 10.6. The molecule has 0 aromatic heterocycles. The third-order valence-electron chi connectivity index (χ3n) is 10.2. The highest BCUT2D eigenvalue weighted by Crippen LogP contribution is 2.65. The van der Waals surface area contributed by atoms with Crippen LogP contribution in [0.1, 0.15) is 71.6 Å². The number of nitrogens with one attached hydrogen (secondary N) is 1. The molecule has 158 valence electrons. The molecule has 0 amide bonds. The molecule has 0 saturated heterocycles. The average molecular weight is 395 g/mol. The zero-order chi connectivity index (χ0) is 19.8. The summed E-state index contributed by atoms with van der Waals surface area (Å²) in [6.07, 6.45) is 23.3. The van der Waals surface area contributed by atoms with E-state index in [-0.39, 0.29) is 0 Å². The zero-order valence-electron chi connectivity index (χ0n) is 18.2. The Bertz CT molecular complexity index is 767. The summed E-state index contributed by atoms with van der Waals surface area (Å²) < 4.78 is 0. The summed E-state index contributed by atoms with van der Waals surface area (Å²) in [5.74, 6) is 5.16. The lowest BCUT2D eigenvalue weighted by Crippen LogP contribution is -2.50. The van der Waals surface area contributed by atoms with Gasteiger partial charge in [-0.3, -0.25) is 0 Å². The monoisotopic (exact) mass is 394 g/mol. The van der Waals surface area contributed by atoms with Crippen molar-refractivity contribution in [3.63, 3.8) is 0 Å². The van der Waals surface area contributed by atoms with E-state index in [4.69, 9.17) is 0 Å². The van der Waals surface area contributed by atoms with Gasteiger partial charge < -0.3 is 15.3 Å². The van der Waals surface area contributed by atoms with Crippen LogP contribution in [-0.4, -0.2) is 21.8 Å². The van der Waals surface area contributed by atoms with Crippen LogP contribution >= 0.6 is 0 Å². The minimum atomic E-state index is -0.398. The molecule has 3 heteroatoms. The van der Waals surface area contributed by atoms with Crippen molar-refractivity contribution in [3.8, 4) is 0 Å². The molecule has 2 aliphatic heterocycles. The molecule has 4 saturated carbocycles. The van der Waals surface area contributed by atoms with Gasteiger partial charge in [-0.05, 0) is 112 Å². The molecule has 0 radical (unpaired) electrons. The zero-order valence-corrected chi connectivity index (χ0v) is 18.2. The Kier molecular flexibility index (Phi) is 4.08. The average Bonchev–Trinajstić information content (AvgIpc) is 3.27. The lowest BCUT2D eigenvalue weighted by molar-refractivity contribution is -0.0979. The Labute approximate surface area is 176 Å². The number of allylic oxidation sites excluding steroid dienone is 3. The van der Waals surface area contributed by atoms with E-state index in [2.05, 4.69) is 54.7 Å². The van der Waals surface area contributed by atoms with E-state index in [0.717, 1.165) is 42.4 Å². The predicted octanol–water partition coefficient (Wildman–Crippen LogP) is 5.16. The minimum Gasteiger partial charge on any atom is -0.390 e. The second-order valence-electron chi connectivity index (χ2n) is 11.7. The van der Waals surface area contributed by atoms with E-state index in [9.17, 15) is 5.11 Å². The molecular weight excluding hydrogens is 356 g/mol. The first-order valence-corrected chi connectivity index (χ1v) is 12.3. The maximum atomic E-state index is 10.6. The van der Waals surface area contributed by atoms with E-state index in [0.29, 0.717) is 17.5 Å². The number of hydrogen-bond donors (Lipinski definition) is 2. The van der Waals surface area contributed by atoms with Gasteiger partial charge in [-0.2, -0.15) is 0 Å². The van der Waals surface area contributed by atoms with Gasteiger partial charge >= 0.3 is 0 Å². The van der Waals surface area contributed by atoms with Crippen LogP contribution in [0, 0.1) is 40.9 Å². The second kappa shape index (κ2) is 6.39. The lowest BCUT2D eigenvalue weighted by Gasteiger charge is -2.57. The van der Waals surface area contributed by atoms with E-state index in [1.165, 1.54) is 50.6 Å². The Balaban J connectivity index is 1.22. The third kappa shape index (κ3) is 2.79. The topological polar surface area (TPSA) is 35.5 Å². The van der Waals surface area contributed by atoms with Crippen molar-refractivity contribution < 1.29 is 5.11 Å². The van der Waals surface area contributed by atoms with Crippen molar-refractivity contribution in [2.45, 2.75) is 83.4 Å². The van der Waals surface area contributed by atoms with Gasteiger partial charge in [0.1, 0.15) is 6.17 Å². The summed E-state index contributed by atoms with van der Waals surface area (Å²) in [6, 6.07) is 0. The second-order valence-corrected chi connectivity index (χ2v) is 11.7. The van der Waals surface area contributed by atoms with Crippen LogP contribution in [0.15, 0.2) is 36.3 Å². The first kappa shape index (κ1) is 18.5. The fraction of sp³-hybridized carbons (Fsp3) is 0.769. The molecule has 4 fully saturated rings. The summed E-state index contributed by atoms with van der Waals surface area (Å²) in [6.45, 7) is 4.71. The van der Waals surface area contributed by atoms with E-state index < -0.39 is 5.60 Å². The molecule has 0 aromatic carbocycles. The van der Waals surface area contributed by atoms with Crippen LogP contribution in [-0.2, 0) is 0 Å². The molecule has 6 rings (SSSR count). The standard InChI is InChI=1S/C26H38N2O/c1-25(29)12-10-18-17(15-25)6-7-20-19(18)11-13-26(2)21(20)8-9-22(26)23-16-28-14-4-3-5-24(28)27-23/h3-5,14,16-22,24,27,29H,6-13,15H2,1-2H3/t17-,18+,19-,20-,21+,22-,24?,25-,26+/m1/s1. The molecular formula is C26H38N2O. The minimum absolute atomic E-state index is 0.333. The Morgan fingerprint density at radius 3 is 2.69 bits per heavy atom. The SMILES string of the molecule is C[C@@]1(O)CC[C@H]2[C@H](CC[C@@H]3[C@@H]2CC[C@]2(C)[C@@H](C4=CN5C=CC=CC5N4)CC[C@@H]32)C1. The summed E-state index contributed by atoms with van der Waals surface area (Å²) in [7, 11) is 0. The van der Waals surface area contributed by atoms with Crippen LogP contribution in [0.4, 0.5) is 0 Å². The van der Waals surface area contributed by atoms with Gasteiger partial charge in [0.05, 0.1) is 5.60 Å². The van der Waals surface area contributed by atoms with Crippen molar-refractivity contribution >= 4 is 0 Å². The van der Waals surface area contributed by atoms with Crippen LogP contribution in [0.25, 0.3) is 0 Å². The Hall–Kier alpha value is -1.22. The van der Waals surface area contributed by atoms with Gasteiger partial charge in [0.25, 0.3) is 0 Å².